The van der Waals surface area contributed by atoms with Crippen molar-refractivity contribution >= 4 is 40.8 Å². The van der Waals surface area contributed by atoms with Gasteiger partial charge in [-0.3, -0.25) is 24.6 Å². The van der Waals surface area contributed by atoms with Gasteiger partial charge in [-0.25, -0.2) is 0 Å². The molecule has 0 bridgehead atoms. The van der Waals surface area contributed by atoms with Gasteiger partial charge in [-0.15, -0.1) is 0 Å². The maximum absolute atomic E-state index is 13.1. The van der Waals surface area contributed by atoms with Crippen LogP contribution < -0.4 is 4.74 Å². The summed E-state index contributed by atoms with van der Waals surface area (Å²) < 4.78 is 7.09. The van der Waals surface area contributed by atoms with Crippen LogP contribution in [0, 0.1) is 30.9 Å². The number of amides is 1. The fourth-order valence-electron chi connectivity index (χ4n) is 3.92. The van der Waals surface area contributed by atoms with Crippen LogP contribution in [0.4, 0.5) is 5.69 Å². The summed E-state index contributed by atoms with van der Waals surface area (Å²) >= 11 is 1.24. The number of methoxy groups -OCH3 is 1. The molecule has 1 saturated heterocycles. The van der Waals surface area contributed by atoms with Crippen LogP contribution in [0.3, 0.4) is 0 Å². The van der Waals surface area contributed by atoms with Crippen molar-refractivity contribution < 1.29 is 14.5 Å². The molecule has 0 radical (unpaired) electrons. The Morgan fingerprint density at radius 3 is 2.46 bits per heavy atom. The third-order valence-electron chi connectivity index (χ3n) is 5.82. The predicted molar refractivity (Wildman–Crippen MR) is 145 cm³/mol. The first kappa shape index (κ1) is 25.8. The monoisotopic (exact) mass is 518 g/mol. The van der Waals surface area contributed by atoms with Crippen molar-refractivity contribution in [2.75, 3.05) is 14.2 Å². The maximum Gasteiger partial charge on any atom is 0.312 e. The van der Waals surface area contributed by atoms with Crippen LogP contribution in [0.1, 0.15) is 33.6 Å². The number of ether oxygens (including phenoxy) is 1. The lowest BCUT2D eigenvalue weighted by Crippen LogP contribution is -2.23. The number of carbonyl (C=O) groups is 1. The summed E-state index contributed by atoms with van der Waals surface area (Å²) in [7, 11) is 3.18. The molecular weight excluding hydrogens is 492 g/mol. The quantitative estimate of drug-likeness (QED) is 0.194. The smallest absolute Gasteiger partial charge is 0.312 e. The number of aliphatic imine (C=N–C) groups is 1. The van der Waals surface area contributed by atoms with Gasteiger partial charge in [-0.05, 0) is 61.9 Å². The molecular formula is C26H26N6O4S. The third kappa shape index (κ3) is 5.46. The van der Waals surface area contributed by atoms with Crippen LogP contribution in [0.2, 0.25) is 0 Å². The Balaban J connectivity index is 1.62. The van der Waals surface area contributed by atoms with E-state index in [4.69, 9.17) is 4.74 Å². The molecule has 0 N–H and O–H groups in total. The highest BCUT2D eigenvalue weighted by Gasteiger charge is 2.33. The fraction of sp³-hybridized carbons (Fsp3) is 0.231. The van der Waals surface area contributed by atoms with Crippen LogP contribution in [0.15, 0.2) is 57.5 Å². The van der Waals surface area contributed by atoms with Crippen molar-refractivity contribution in [3.05, 3.63) is 91.1 Å². The molecule has 11 heteroatoms. The summed E-state index contributed by atoms with van der Waals surface area (Å²) in [6.45, 7) is 5.56. The second kappa shape index (κ2) is 10.8. The molecule has 0 aliphatic carbocycles. The molecule has 2 aromatic carbocycles. The van der Waals surface area contributed by atoms with Crippen molar-refractivity contribution in [3.63, 3.8) is 0 Å². The van der Waals surface area contributed by atoms with E-state index in [-0.39, 0.29) is 18.1 Å². The van der Waals surface area contributed by atoms with Crippen molar-refractivity contribution in [2.24, 2.45) is 10.1 Å². The van der Waals surface area contributed by atoms with Gasteiger partial charge in [-0.2, -0.15) is 15.2 Å². The van der Waals surface area contributed by atoms with Gasteiger partial charge >= 0.3 is 5.69 Å². The van der Waals surface area contributed by atoms with Gasteiger partial charge < -0.3 is 4.74 Å². The maximum atomic E-state index is 13.1. The van der Waals surface area contributed by atoms with Gasteiger partial charge in [0.1, 0.15) is 17.1 Å². The third-order valence-corrected chi connectivity index (χ3v) is 6.88. The summed E-state index contributed by atoms with van der Waals surface area (Å²) in [5.74, 6) is 0.336. The number of aromatic nitrogens is 2. The van der Waals surface area contributed by atoms with E-state index in [2.05, 4.69) is 15.2 Å². The molecule has 1 amide bonds. The highest BCUT2D eigenvalue weighted by molar-refractivity contribution is 8.18. The normalized spacial score (nSPS) is 15.9. The molecule has 0 unspecified atom stereocenters. The molecule has 190 valence electrons. The van der Waals surface area contributed by atoms with E-state index in [1.54, 1.807) is 51.0 Å². The first-order valence-corrected chi connectivity index (χ1v) is 12.2. The highest BCUT2D eigenvalue weighted by Crippen LogP contribution is 2.34. The second-order valence-electron chi connectivity index (χ2n) is 8.39. The van der Waals surface area contributed by atoms with Crippen molar-refractivity contribution in [3.8, 4) is 5.75 Å². The second-order valence-corrected chi connectivity index (χ2v) is 9.40. The Morgan fingerprint density at radius 2 is 1.84 bits per heavy atom. The van der Waals surface area contributed by atoms with Crippen LogP contribution in [-0.2, 0) is 11.3 Å². The average Bonchev–Trinajstić information content (AvgIpc) is 3.33. The number of thioether (sulfide) groups is 1. The van der Waals surface area contributed by atoms with E-state index in [9.17, 15) is 14.9 Å². The van der Waals surface area contributed by atoms with Gasteiger partial charge in [0.2, 0.25) is 0 Å². The zero-order valence-corrected chi connectivity index (χ0v) is 21.9. The van der Waals surface area contributed by atoms with E-state index in [1.807, 2.05) is 43.3 Å². The largest absolute Gasteiger partial charge is 0.496 e. The summed E-state index contributed by atoms with van der Waals surface area (Å²) in [5, 5.41) is 21.9. The standard InChI is InChI=1S/C26H26N6O4S/c1-16-6-8-19(9-7-16)14-28-31-25(33)23(37-26(31)27-4)13-20-10-11-22(36-5)21(12-20)15-30-18(3)24(32(34)35)17(2)29-30/h6-14H,15H2,1-5H3/b23-13+,27-26?,28-14+. The Bertz CT molecular complexity index is 1460. The highest BCUT2D eigenvalue weighted by atomic mass is 32.2. The average molecular weight is 519 g/mol. The molecule has 1 aromatic heterocycles. The number of hydrogen-bond acceptors (Lipinski definition) is 8. The summed E-state index contributed by atoms with van der Waals surface area (Å²) in [6, 6.07) is 13.3. The first-order valence-electron chi connectivity index (χ1n) is 11.4. The molecule has 0 saturated carbocycles. The molecule has 37 heavy (non-hydrogen) atoms. The Morgan fingerprint density at radius 1 is 1.14 bits per heavy atom. The number of rotatable bonds is 7. The SMILES string of the molecule is CN=C1S/C(=C/c2ccc(OC)c(Cn3nc(C)c([N+](=O)[O-])c3C)c2)C(=O)N1/N=C/c1ccc(C)cc1. The lowest BCUT2D eigenvalue weighted by molar-refractivity contribution is -0.386. The predicted octanol–water partition coefficient (Wildman–Crippen LogP) is 4.71. The number of nitrogens with zero attached hydrogens (tertiary/aromatic N) is 6. The van der Waals surface area contributed by atoms with E-state index < -0.39 is 4.92 Å². The van der Waals surface area contributed by atoms with Crippen molar-refractivity contribution in [2.45, 2.75) is 27.3 Å². The fourth-order valence-corrected chi connectivity index (χ4v) is 4.79. The molecule has 1 aliphatic heterocycles. The zero-order valence-electron chi connectivity index (χ0n) is 21.1. The number of carbonyl (C=O) groups excluding carboxylic acids is 1. The number of aryl methyl sites for hydroxylation is 2. The summed E-state index contributed by atoms with van der Waals surface area (Å²) in [4.78, 5) is 28.8. The Kier molecular flexibility index (Phi) is 7.53. The summed E-state index contributed by atoms with van der Waals surface area (Å²) in [6.07, 6.45) is 3.40. The Labute approximate surface area is 218 Å². The number of hydrogen-bond donors (Lipinski definition) is 0. The number of nitro groups is 1. The lowest BCUT2D eigenvalue weighted by atomic mass is 10.1. The molecule has 0 spiro atoms. The minimum absolute atomic E-state index is 0.00265. The van der Waals surface area contributed by atoms with Gasteiger partial charge in [0, 0.05) is 12.6 Å². The molecule has 3 aromatic rings. The minimum Gasteiger partial charge on any atom is -0.496 e. The number of hydrazone groups is 1. The van der Waals surface area contributed by atoms with Crippen LogP contribution in [-0.4, -0.2) is 51.2 Å². The number of benzene rings is 2. The van der Waals surface area contributed by atoms with Crippen LogP contribution >= 0.6 is 11.8 Å². The van der Waals surface area contributed by atoms with Gasteiger partial charge in [0.05, 0.1) is 29.7 Å². The molecule has 2 heterocycles. The van der Waals surface area contributed by atoms with Gasteiger partial charge in [0.25, 0.3) is 5.91 Å². The first-order chi connectivity index (χ1) is 17.7. The van der Waals surface area contributed by atoms with E-state index in [0.717, 1.165) is 22.3 Å². The van der Waals surface area contributed by atoms with E-state index >= 15 is 0 Å². The Hall–Kier alpha value is -4.25. The van der Waals surface area contributed by atoms with Gasteiger partial charge in [-0.1, -0.05) is 35.9 Å². The minimum atomic E-state index is -0.422. The molecule has 1 aliphatic rings. The van der Waals surface area contributed by atoms with E-state index in [1.165, 1.54) is 16.8 Å². The zero-order chi connectivity index (χ0) is 26.7. The topological polar surface area (TPSA) is 115 Å². The molecule has 10 nitrogen and oxygen atoms in total. The lowest BCUT2D eigenvalue weighted by Gasteiger charge is -2.11. The van der Waals surface area contributed by atoms with Crippen molar-refractivity contribution in [1.29, 1.82) is 0 Å². The molecule has 1 fully saturated rings. The van der Waals surface area contributed by atoms with Crippen LogP contribution in [0.25, 0.3) is 6.08 Å². The number of amidine groups is 1. The summed E-state index contributed by atoms with van der Waals surface area (Å²) in [5.41, 5.74) is 4.37. The van der Waals surface area contributed by atoms with Crippen LogP contribution in [0.5, 0.6) is 5.75 Å². The van der Waals surface area contributed by atoms with E-state index in [0.29, 0.717) is 27.2 Å². The van der Waals surface area contributed by atoms with Crippen molar-refractivity contribution in [1.82, 2.24) is 14.8 Å². The molecule has 0 atom stereocenters. The molecule has 4 rings (SSSR count). The van der Waals surface area contributed by atoms with Gasteiger partial charge in [0.15, 0.2) is 5.17 Å².